The summed E-state index contributed by atoms with van der Waals surface area (Å²) < 4.78 is 16.1. The number of thiophene rings is 1. The minimum absolute atomic E-state index is 0.108. The van der Waals surface area contributed by atoms with Gasteiger partial charge in [-0.1, -0.05) is 6.07 Å². The molecule has 200 valence electrons. The van der Waals surface area contributed by atoms with E-state index in [-0.39, 0.29) is 11.8 Å². The van der Waals surface area contributed by atoms with Gasteiger partial charge in [0.2, 0.25) is 0 Å². The Morgan fingerprint density at radius 2 is 1.95 bits per heavy atom. The molecular weight excluding hydrogens is 506 g/mol. The number of hydrogen-bond acceptors (Lipinski definition) is 9. The van der Waals surface area contributed by atoms with Crippen molar-refractivity contribution < 1.29 is 23.8 Å². The van der Waals surface area contributed by atoms with Crippen molar-refractivity contribution in [3.05, 3.63) is 64.8 Å². The third-order valence-corrected chi connectivity index (χ3v) is 7.51. The van der Waals surface area contributed by atoms with E-state index in [0.717, 1.165) is 42.4 Å². The lowest BCUT2D eigenvalue weighted by Crippen LogP contribution is -2.43. The molecule has 0 unspecified atom stereocenters. The van der Waals surface area contributed by atoms with Gasteiger partial charge in [0.1, 0.15) is 12.4 Å². The number of amides is 2. The Morgan fingerprint density at radius 3 is 2.79 bits per heavy atom. The van der Waals surface area contributed by atoms with Crippen LogP contribution >= 0.6 is 11.3 Å². The number of nitrogens with zero attached hydrogens (tertiary/aromatic N) is 3. The number of carbonyl (C=O) groups excluding carboxylic acids is 2. The van der Waals surface area contributed by atoms with Crippen LogP contribution in [0.2, 0.25) is 0 Å². The zero-order valence-electron chi connectivity index (χ0n) is 21.3. The van der Waals surface area contributed by atoms with Crippen LogP contribution in [0.3, 0.4) is 0 Å². The third kappa shape index (κ3) is 5.97. The maximum Gasteiger partial charge on any atom is 0.265 e. The quantitative estimate of drug-likeness (QED) is 0.360. The summed E-state index contributed by atoms with van der Waals surface area (Å²) in [5.41, 5.74) is 3.17. The summed E-state index contributed by atoms with van der Waals surface area (Å²) in [7, 11) is 1.63. The number of aromatic nitrogens is 1. The van der Waals surface area contributed by atoms with Crippen molar-refractivity contribution in [2.45, 2.75) is 6.54 Å². The van der Waals surface area contributed by atoms with Gasteiger partial charge in [-0.25, -0.2) is 0 Å². The molecule has 3 aromatic rings. The highest BCUT2D eigenvalue weighted by Crippen LogP contribution is 2.35. The Kier molecular flexibility index (Phi) is 8.49. The standard InChI is InChI=1S/C27H31N5O5S/c1-35-12-13-36-14-15-37-20-3-2-19-18-32(27(34)21(19)16-20)25-5-4-24(38-25)26(33)30-22-17-29-7-6-23(22)31-10-8-28-9-11-31/h2-7,16-17,28H,8-15,18H2,1H3,(H,30,33). The van der Waals surface area contributed by atoms with E-state index < -0.39 is 0 Å². The van der Waals surface area contributed by atoms with E-state index in [0.29, 0.717) is 54.8 Å². The molecule has 1 fully saturated rings. The Labute approximate surface area is 225 Å². The average Bonchev–Trinajstić information content (AvgIpc) is 3.56. The summed E-state index contributed by atoms with van der Waals surface area (Å²) >= 11 is 1.29. The summed E-state index contributed by atoms with van der Waals surface area (Å²) in [5.74, 6) is 0.291. The van der Waals surface area contributed by atoms with Gasteiger partial charge in [0.25, 0.3) is 11.8 Å². The molecule has 1 aromatic carbocycles. The lowest BCUT2D eigenvalue weighted by atomic mass is 10.1. The van der Waals surface area contributed by atoms with E-state index in [1.807, 2.05) is 24.3 Å². The van der Waals surface area contributed by atoms with Gasteiger partial charge in [-0.05, 0) is 35.9 Å². The first-order valence-corrected chi connectivity index (χ1v) is 13.4. The van der Waals surface area contributed by atoms with Crippen molar-refractivity contribution >= 4 is 39.5 Å². The maximum atomic E-state index is 13.2. The smallest absolute Gasteiger partial charge is 0.265 e. The fraction of sp³-hybridized carbons (Fsp3) is 0.370. The maximum absolute atomic E-state index is 13.2. The lowest BCUT2D eigenvalue weighted by molar-refractivity contribution is 0.0544. The predicted molar refractivity (Wildman–Crippen MR) is 147 cm³/mol. The van der Waals surface area contributed by atoms with E-state index in [1.54, 1.807) is 36.5 Å². The second kappa shape index (κ2) is 12.4. The van der Waals surface area contributed by atoms with Crippen LogP contribution in [0, 0.1) is 0 Å². The minimum atomic E-state index is -0.224. The van der Waals surface area contributed by atoms with Crippen LogP contribution in [0.25, 0.3) is 0 Å². The van der Waals surface area contributed by atoms with Crippen molar-refractivity contribution in [1.29, 1.82) is 0 Å². The molecule has 0 aliphatic carbocycles. The normalized spacial score (nSPS) is 15.0. The Morgan fingerprint density at radius 1 is 1.11 bits per heavy atom. The molecule has 2 N–H and O–H groups in total. The van der Waals surface area contributed by atoms with Crippen LogP contribution in [-0.4, -0.2) is 76.5 Å². The first-order valence-electron chi connectivity index (χ1n) is 12.6. The first-order chi connectivity index (χ1) is 18.6. The van der Waals surface area contributed by atoms with Crippen LogP contribution in [0.5, 0.6) is 5.75 Å². The van der Waals surface area contributed by atoms with E-state index in [2.05, 4.69) is 20.5 Å². The number of rotatable bonds is 11. The number of hydrogen-bond donors (Lipinski definition) is 2. The molecule has 0 spiro atoms. The molecule has 2 aliphatic rings. The van der Waals surface area contributed by atoms with Gasteiger partial charge in [0, 0.05) is 45.0 Å². The highest BCUT2D eigenvalue weighted by molar-refractivity contribution is 7.18. The molecule has 10 nitrogen and oxygen atoms in total. The lowest BCUT2D eigenvalue weighted by Gasteiger charge is -2.30. The number of pyridine rings is 1. The molecule has 0 saturated carbocycles. The van der Waals surface area contributed by atoms with Crippen LogP contribution in [0.15, 0.2) is 48.8 Å². The van der Waals surface area contributed by atoms with Crippen molar-refractivity contribution in [3.8, 4) is 5.75 Å². The minimum Gasteiger partial charge on any atom is -0.491 e. The van der Waals surface area contributed by atoms with E-state index in [4.69, 9.17) is 14.2 Å². The highest BCUT2D eigenvalue weighted by atomic mass is 32.1. The van der Waals surface area contributed by atoms with E-state index >= 15 is 0 Å². The molecule has 38 heavy (non-hydrogen) atoms. The molecule has 0 bridgehead atoms. The number of ether oxygens (including phenoxy) is 3. The summed E-state index contributed by atoms with van der Waals surface area (Å²) in [4.78, 5) is 35.0. The van der Waals surface area contributed by atoms with Gasteiger partial charge in [-0.15, -0.1) is 11.3 Å². The number of methoxy groups -OCH3 is 1. The summed E-state index contributed by atoms with van der Waals surface area (Å²) in [6.45, 7) is 5.85. The number of nitrogens with one attached hydrogen (secondary N) is 2. The second-order valence-corrected chi connectivity index (χ2v) is 9.95. The van der Waals surface area contributed by atoms with Crippen LogP contribution in [-0.2, 0) is 16.0 Å². The largest absolute Gasteiger partial charge is 0.491 e. The summed E-state index contributed by atoms with van der Waals surface area (Å²) in [6.07, 6.45) is 3.41. The molecule has 2 amide bonds. The molecule has 0 atom stereocenters. The Balaban J connectivity index is 1.21. The van der Waals surface area contributed by atoms with Crippen LogP contribution in [0.4, 0.5) is 16.4 Å². The zero-order chi connectivity index (χ0) is 26.3. The Bertz CT molecular complexity index is 1280. The number of fused-ring (bicyclic) bond motifs is 1. The van der Waals surface area contributed by atoms with E-state index in [1.165, 1.54) is 11.3 Å². The average molecular weight is 538 g/mol. The van der Waals surface area contributed by atoms with Gasteiger partial charge in [-0.3, -0.25) is 19.5 Å². The van der Waals surface area contributed by atoms with Gasteiger partial charge in [-0.2, -0.15) is 0 Å². The molecular formula is C27H31N5O5S. The Hall–Kier alpha value is -3.51. The number of piperazine rings is 1. The monoisotopic (exact) mass is 537 g/mol. The number of benzene rings is 1. The van der Waals surface area contributed by atoms with Gasteiger partial charge < -0.3 is 29.7 Å². The van der Waals surface area contributed by atoms with Crippen molar-refractivity contribution in [2.75, 3.05) is 74.8 Å². The first kappa shape index (κ1) is 26.1. The number of anilines is 3. The summed E-state index contributed by atoms with van der Waals surface area (Å²) in [6, 6.07) is 11.0. The number of carbonyl (C=O) groups is 2. The van der Waals surface area contributed by atoms with Crippen LogP contribution in [0.1, 0.15) is 25.6 Å². The van der Waals surface area contributed by atoms with Crippen molar-refractivity contribution in [2.24, 2.45) is 0 Å². The second-order valence-electron chi connectivity index (χ2n) is 8.89. The predicted octanol–water partition coefficient (Wildman–Crippen LogP) is 3.01. The molecule has 2 aliphatic heterocycles. The topological polar surface area (TPSA) is 105 Å². The molecule has 4 heterocycles. The molecule has 11 heteroatoms. The fourth-order valence-corrected chi connectivity index (χ4v) is 5.35. The highest BCUT2D eigenvalue weighted by Gasteiger charge is 2.30. The van der Waals surface area contributed by atoms with Crippen LogP contribution < -0.4 is 25.2 Å². The summed E-state index contributed by atoms with van der Waals surface area (Å²) in [5, 5.41) is 7.07. The molecule has 5 rings (SSSR count). The molecule has 0 radical (unpaired) electrons. The van der Waals surface area contributed by atoms with Crippen molar-refractivity contribution in [3.63, 3.8) is 0 Å². The molecule has 1 saturated heterocycles. The third-order valence-electron chi connectivity index (χ3n) is 6.40. The van der Waals surface area contributed by atoms with Gasteiger partial charge in [0.15, 0.2) is 0 Å². The zero-order valence-corrected chi connectivity index (χ0v) is 22.1. The van der Waals surface area contributed by atoms with Gasteiger partial charge in [0.05, 0.1) is 53.8 Å². The van der Waals surface area contributed by atoms with Gasteiger partial charge >= 0.3 is 0 Å². The van der Waals surface area contributed by atoms with E-state index in [9.17, 15) is 9.59 Å². The van der Waals surface area contributed by atoms with Crippen molar-refractivity contribution in [1.82, 2.24) is 10.3 Å². The SMILES string of the molecule is COCCOCCOc1ccc2c(c1)C(=O)N(c1ccc(C(=O)Nc3cnccc3N3CCNCC3)s1)C2. The molecule has 2 aromatic heterocycles. The fourth-order valence-electron chi connectivity index (χ4n) is 4.45.